The predicted octanol–water partition coefficient (Wildman–Crippen LogP) is 14.6. The number of nitriles is 1. The zero-order chi connectivity index (χ0) is 45.0. The first-order valence-corrected chi connectivity index (χ1v) is 25.6. The van der Waals surface area contributed by atoms with E-state index in [4.69, 9.17) is 25.1 Å². The van der Waals surface area contributed by atoms with Crippen LogP contribution in [0.2, 0.25) is 0 Å². The summed E-state index contributed by atoms with van der Waals surface area (Å²) in [6.07, 6.45) is 51.5. The van der Waals surface area contributed by atoms with E-state index < -0.39 is 0 Å². The molecule has 0 rings (SSSR count). The van der Waals surface area contributed by atoms with Crippen LogP contribution in [0.25, 0.3) is 0 Å². The first-order chi connectivity index (χ1) is 29.3. The third-order valence-corrected chi connectivity index (χ3v) is 12.1. The Bertz CT molecular complexity index is 890. The van der Waals surface area contributed by atoms with E-state index in [1.165, 1.54) is 231 Å². The molecule has 0 aromatic rings. The molecule has 356 valence electrons. The third-order valence-electron chi connectivity index (χ3n) is 12.1. The summed E-state index contributed by atoms with van der Waals surface area (Å²) >= 11 is 0. The molecule has 9 heteroatoms. The number of carbonyl (C=O) groups is 2. The number of aliphatic imine (C=N–C) groups is 1. The van der Waals surface area contributed by atoms with Crippen molar-refractivity contribution in [1.82, 2.24) is 15.1 Å². The van der Waals surface area contributed by atoms with Gasteiger partial charge in [-0.1, -0.05) is 233 Å². The highest BCUT2D eigenvalue weighted by molar-refractivity contribution is 5.80. The van der Waals surface area contributed by atoms with Gasteiger partial charge in [0.05, 0.1) is 0 Å². The summed E-state index contributed by atoms with van der Waals surface area (Å²) in [4.78, 5) is 26.0. The maximum Gasteiger partial charge on any atom is 0.290 e. The Balaban J connectivity index is -0.00000507. The molecule has 0 aliphatic carbocycles. The summed E-state index contributed by atoms with van der Waals surface area (Å²) in [5.41, 5.74) is 0. The van der Waals surface area contributed by atoms with Gasteiger partial charge in [0.1, 0.15) is 0 Å². The zero-order valence-corrected chi connectivity index (χ0v) is 40.9. The molecule has 0 saturated heterocycles. The smallest absolute Gasteiger partial charge is 0.290 e. The summed E-state index contributed by atoms with van der Waals surface area (Å²) in [6.45, 7) is 13.2. The molecule has 0 fully saturated rings. The molecule has 1 unspecified atom stereocenters. The van der Waals surface area contributed by atoms with E-state index in [9.17, 15) is 0 Å². The lowest BCUT2D eigenvalue weighted by Gasteiger charge is -2.22. The number of carboxylic acid groups (broad SMARTS) is 2. The molecule has 0 bridgehead atoms. The highest BCUT2D eigenvalue weighted by atomic mass is 16.3. The molecule has 0 spiro atoms. The van der Waals surface area contributed by atoms with Gasteiger partial charge in [0.15, 0.2) is 6.19 Å². The van der Waals surface area contributed by atoms with Gasteiger partial charge >= 0.3 is 0 Å². The van der Waals surface area contributed by atoms with E-state index in [-0.39, 0.29) is 12.9 Å². The normalized spacial score (nSPS) is 11.7. The fourth-order valence-electron chi connectivity index (χ4n) is 8.38. The number of hydrogen-bond donors (Lipinski definition) is 3. The highest BCUT2D eigenvalue weighted by Crippen LogP contribution is 2.25. The monoisotopic (exact) mass is 850 g/mol. The Morgan fingerprint density at radius 1 is 0.517 bits per heavy atom. The van der Waals surface area contributed by atoms with Crippen molar-refractivity contribution in [1.29, 1.82) is 5.26 Å². The molecule has 60 heavy (non-hydrogen) atoms. The van der Waals surface area contributed by atoms with Crippen LogP contribution in [0.5, 0.6) is 0 Å². The summed E-state index contributed by atoms with van der Waals surface area (Å²) < 4.78 is 0. The molecule has 0 aromatic carbocycles. The first-order valence-electron chi connectivity index (χ1n) is 25.6. The molecule has 0 saturated carbocycles. The van der Waals surface area contributed by atoms with Crippen LogP contribution in [0.15, 0.2) is 4.99 Å². The highest BCUT2D eigenvalue weighted by Gasteiger charge is 2.10. The van der Waals surface area contributed by atoms with Crippen LogP contribution in [0.1, 0.15) is 252 Å². The lowest BCUT2D eigenvalue weighted by atomic mass is 9.89. The van der Waals surface area contributed by atoms with Crippen molar-refractivity contribution in [2.24, 2.45) is 16.8 Å². The summed E-state index contributed by atoms with van der Waals surface area (Å²) in [5, 5.41) is 25.6. The number of unbranched alkanes of at least 4 members (excludes halogenated alkanes) is 23. The van der Waals surface area contributed by atoms with E-state index in [0.717, 1.165) is 31.3 Å². The minimum atomic E-state index is -0.250. The lowest BCUT2D eigenvalue weighted by Crippen LogP contribution is -2.34. The number of nitrogens with one attached hydrogen (secondary N) is 1. The standard InChI is InChI=1S/C49H99N5.2CH2O2/c1-7-11-14-17-22-29-37-47(10-4)38-30-25-20-27-34-43-54(45-36-42-51-49(52-46-50)53(5)6)44-35-28-21-26-33-41-48(39-31-23-18-15-12-8-2)40-32-24-19-16-13-9-3;2*2-1-3/h47-48H,7-45H2,1-6H3,(H,51,52);2*1H,(H,2,3). The van der Waals surface area contributed by atoms with Gasteiger partial charge in [0, 0.05) is 20.6 Å². The van der Waals surface area contributed by atoms with Crippen molar-refractivity contribution in [3.63, 3.8) is 0 Å². The molecule has 0 heterocycles. The average molecular weight is 850 g/mol. The Labute approximate surface area is 373 Å². The first kappa shape index (κ1) is 62.0. The number of rotatable bonds is 42. The second kappa shape index (κ2) is 54.7. The van der Waals surface area contributed by atoms with E-state index in [2.05, 4.69) is 42.9 Å². The molecule has 9 nitrogen and oxygen atoms in total. The van der Waals surface area contributed by atoms with Gasteiger partial charge in [-0.2, -0.15) is 5.26 Å². The Morgan fingerprint density at radius 2 is 0.817 bits per heavy atom. The van der Waals surface area contributed by atoms with Crippen molar-refractivity contribution in [3.05, 3.63) is 0 Å². The van der Waals surface area contributed by atoms with Gasteiger partial charge < -0.3 is 20.0 Å². The van der Waals surface area contributed by atoms with Gasteiger partial charge in [0.25, 0.3) is 12.9 Å². The van der Waals surface area contributed by atoms with Crippen molar-refractivity contribution in [2.45, 2.75) is 252 Å². The van der Waals surface area contributed by atoms with Crippen molar-refractivity contribution >= 4 is 18.9 Å². The maximum atomic E-state index is 9.07. The van der Waals surface area contributed by atoms with E-state index in [1.807, 2.05) is 25.2 Å². The lowest BCUT2D eigenvalue weighted by molar-refractivity contribution is -0.123. The molecular weight excluding hydrogens is 747 g/mol. The van der Waals surface area contributed by atoms with Crippen LogP contribution >= 0.6 is 0 Å². The summed E-state index contributed by atoms with van der Waals surface area (Å²) in [5.74, 6) is 2.61. The van der Waals surface area contributed by atoms with Gasteiger partial charge in [-0.05, 0) is 50.7 Å². The Hall–Kier alpha value is -2.34. The molecule has 0 aliphatic rings. The quantitative estimate of drug-likeness (QED) is 0.0138. The maximum absolute atomic E-state index is 9.07. The molecule has 0 aromatic heterocycles. The van der Waals surface area contributed by atoms with E-state index in [0.29, 0.717) is 5.96 Å². The summed E-state index contributed by atoms with van der Waals surface area (Å²) in [6, 6.07) is 0. The number of guanidine groups is 1. The van der Waals surface area contributed by atoms with Gasteiger partial charge in [-0.3, -0.25) is 19.9 Å². The average Bonchev–Trinajstić information content (AvgIpc) is 3.23. The number of nitrogens with zero attached hydrogens (tertiary/aromatic N) is 4. The predicted molar refractivity (Wildman–Crippen MR) is 260 cm³/mol. The van der Waals surface area contributed by atoms with Crippen LogP contribution in [0.4, 0.5) is 0 Å². The van der Waals surface area contributed by atoms with E-state index >= 15 is 0 Å². The summed E-state index contributed by atoms with van der Waals surface area (Å²) in [7, 11) is 3.89. The topological polar surface area (TPSA) is 129 Å². The van der Waals surface area contributed by atoms with Crippen LogP contribution in [0.3, 0.4) is 0 Å². The minimum Gasteiger partial charge on any atom is -0.483 e. The molecule has 1 atom stereocenters. The minimum absolute atomic E-state index is 0.250. The molecule has 0 radical (unpaired) electrons. The fraction of sp³-hybridized carbons (Fsp3) is 0.922. The van der Waals surface area contributed by atoms with Crippen molar-refractivity contribution < 1.29 is 19.8 Å². The Kier molecular flexibility index (Phi) is 56.5. The Morgan fingerprint density at radius 3 is 1.13 bits per heavy atom. The van der Waals surface area contributed by atoms with Gasteiger partial charge in [-0.15, -0.1) is 0 Å². The SMILES string of the molecule is CCCCCCCCC(CC)CCCCCCCN(CCCCCCCC(CCCCCCCC)CCCCCCCC)CCCN=C(NC#N)N(C)C.O=CO.O=CO. The number of hydrogen-bond acceptors (Lipinski definition) is 5. The largest absolute Gasteiger partial charge is 0.483 e. The van der Waals surface area contributed by atoms with Crippen molar-refractivity contribution in [3.8, 4) is 6.19 Å². The molecule has 3 N–H and O–H groups in total. The van der Waals surface area contributed by atoms with Crippen LogP contribution in [-0.4, -0.2) is 79.2 Å². The molecule has 0 amide bonds. The molecule has 0 aliphatic heterocycles. The zero-order valence-electron chi connectivity index (χ0n) is 40.9. The van der Waals surface area contributed by atoms with Crippen molar-refractivity contribution in [2.75, 3.05) is 40.3 Å². The second-order valence-corrected chi connectivity index (χ2v) is 17.7. The second-order valence-electron chi connectivity index (χ2n) is 17.7. The van der Waals surface area contributed by atoms with Gasteiger partial charge in [-0.25, -0.2) is 0 Å². The van der Waals surface area contributed by atoms with Crippen LogP contribution in [0, 0.1) is 23.3 Å². The fourth-order valence-corrected chi connectivity index (χ4v) is 8.38. The third kappa shape index (κ3) is 50.0. The van der Waals surface area contributed by atoms with E-state index in [1.54, 1.807) is 0 Å². The van der Waals surface area contributed by atoms with Crippen LogP contribution in [-0.2, 0) is 9.59 Å². The molecular formula is C51H103N5O4. The van der Waals surface area contributed by atoms with Gasteiger partial charge in [0.2, 0.25) is 5.96 Å². The van der Waals surface area contributed by atoms with Crippen LogP contribution < -0.4 is 5.32 Å².